The zero-order chi connectivity index (χ0) is 25.2. The van der Waals surface area contributed by atoms with Gasteiger partial charge in [0.05, 0.1) is 27.8 Å². The predicted molar refractivity (Wildman–Crippen MR) is 127 cm³/mol. The molecule has 1 saturated heterocycles. The van der Waals surface area contributed by atoms with Crippen LogP contribution in [-0.4, -0.2) is 46.0 Å². The Balaban J connectivity index is 1.78. The number of hydrogen-bond acceptors (Lipinski definition) is 6. The van der Waals surface area contributed by atoms with Gasteiger partial charge in [0, 0.05) is 25.3 Å². The van der Waals surface area contributed by atoms with Gasteiger partial charge in [-0.1, -0.05) is 0 Å². The number of nitrogens with one attached hydrogen (secondary N) is 1. The van der Waals surface area contributed by atoms with Crippen LogP contribution < -0.4 is 21.4 Å². The van der Waals surface area contributed by atoms with Gasteiger partial charge < -0.3 is 30.4 Å². The standard InChI is InChI=1S/C24H31FN4O5/c1-12-18-15(20(30)14(21(31)32)10-29(18)13-6-7-13)17(26)16(25)19(12)28-9-8-24(5,11-28)27-22(33)34-23(2,3)4/h10,13H,6-9,11,26H2,1-5H3,(H,27,33)(H,31,32). The van der Waals surface area contributed by atoms with Crippen LogP contribution in [0, 0.1) is 12.7 Å². The van der Waals surface area contributed by atoms with Crippen molar-refractivity contribution in [2.45, 2.75) is 71.1 Å². The summed E-state index contributed by atoms with van der Waals surface area (Å²) in [6, 6.07) is 0.0373. The highest BCUT2D eigenvalue weighted by Gasteiger charge is 2.39. The number of benzene rings is 1. The van der Waals surface area contributed by atoms with E-state index in [2.05, 4.69) is 5.32 Å². The Morgan fingerprint density at radius 1 is 1.32 bits per heavy atom. The van der Waals surface area contributed by atoms with Gasteiger partial charge in [0.15, 0.2) is 5.82 Å². The molecule has 2 heterocycles. The third kappa shape index (κ3) is 4.17. The predicted octanol–water partition coefficient (Wildman–Crippen LogP) is 3.56. The normalized spacial score (nSPS) is 20.6. The van der Waals surface area contributed by atoms with Crippen LogP contribution in [0.2, 0.25) is 0 Å². The van der Waals surface area contributed by atoms with E-state index in [0.29, 0.717) is 30.6 Å². The first-order valence-corrected chi connectivity index (χ1v) is 11.4. The maximum atomic E-state index is 15.7. The molecule has 0 bridgehead atoms. The Hall–Kier alpha value is -3.30. The van der Waals surface area contributed by atoms with Gasteiger partial charge in [-0.05, 0) is 59.4 Å². The van der Waals surface area contributed by atoms with E-state index in [1.807, 2.05) is 11.8 Å². The minimum atomic E-state index is -1.37. The lowest BCUT2D eigenvalue weighted by atomic mass is 10.0. The molecule has 2 aromatic rings. The van der Waals surface area contributed by atoms with E-state index in [1.165, 1.54) is 6.20 Å². The van der Waals surface area contributed by atoms with Gasteiger partial charge in [0.25, 0.3) is 0 Å². The summed E-state index contributed by atoms with van der Waals surface area (Å²) in [4.78, 5) is 38.8. The molecule has 2 fully saturated rings. The summed E-state index contributed by atoms with van der Waals surface area (Å²) in [6.07, 6.45) is 3.03. The van der Waals surface area contributed by atoms with Crippen molar-refractivity contribution in [1.82, 2.24) is 9.88 Å². The zero-order valence-electron chi connectivity index (χ0n) is 20.1. The molecule has 1 saturated carbocycles. The van der Waals surface area contributed by atoms with Gasteiger partial charge in [-0.3, -0.25) is 4.79 Å². The molecule has 9 nitrogen and oxygen atoms in total. The molecule has 0 radical (unpaired) electrons. The molecule has 1 amide bonds. The fraction of sp³-hybridized carbons (Fsp3) is 0.542. The van der Waals surface area contributed by atoms with Crippen LogP contribution in [-0.2, 0) is 4.74 Å². The molecule has 1 atom stereocenters. The Morgan fingerprint density at radius 3 is 2.53 bits per heavy atom. The third-order valence-electron chi connectivity index (χ3n) is 6.42. The van der Waals surface area contributed by atoms with Crippen LogP contribution in [0.5, 0.6) is 0 Å². The number of fused-ring (bicyclic) bond motifs is 1. The fourth-order valence-corrected chi connectivity index (χ4v) is 4.75. The van der Waals surface area contributed by atoms with Crippen LogP contribution in [0.3, 0.4) is 0 Å². The first kappa shape index (κ1) is 23.8. The molecule has 1 aromatic heterocycles. The number of pyridine rings is 1. The van der Waals surface area contributed by atoms with Crippen molar-refractivity contribution in [2.24, 2.45) is 0 Å². The summed E-state index contributed by atoms with van der Waals surface area (Å²) in [7, 11) is 0. The van der Waals surface area contributed by atoms with E-state index in [-0.39, 0.29) is 22.8 Å². The van der Waals surface area contributed by atoms with Gasteiger partial charge in [-0.25, -0.2) is 14.0 Å². The molecule has 1 aliphatic heterocycles. The Morgan fingerprint density at radius 2 is 1.97 bits per heavy atom. The van der Waals surface area contributed by atoms with Crippen molar-refractivity contribution in [3.05, 3.63) is 33.4 Å². The topological polar surface area (TPSA) is 127 Å². The van der Waals surface area contributed by atoms with Crippen LogP contribution in [0.25, 0.3) is 10.9 Å². The van der Waals surface area contributed by atoms with Crippen molar-refractivity contribution < 1.29 is 23.8 Å². The summed E-state index contributed by atoms with van der Waals surface area (Å²) in [5.41, 5.74) is 4.50. The minimum Gasteiger partial charge on any atom is -0.477 e. The monoisotopic (exact) mass is 474 g/mol. The molecular weight excluding hydrogens is 443 g/mol. The summed E-state index contributed by atoms with van der Waals surface area (Å²) in [5.74, 6) is -2.13. The number of aromatic carboxylic acids is 1. The highest BCUT2D eigenvalue weighted by molar-refractivity contribution is 6.01. The number of ether oxygens (including phenoxy) is 1. The van der Waals surface area contributed by atoms with Gasteiger partial charge in [-0.2, -0.15) is 0 Å². The summed E-state index contributed by atoms with van der Waals surface area (Å²) < 4.78 is 22.8. The maximum absolute atomic E-state index is 15.7. The number of carbonyl (C=O) groups excluding carboxylic acids is 1. The van der Waals surface area contributed by atoms with Crippen LogP contribution in [0.1, 0.15) is 68.9 Å². The first-order chi connectivity index (χ1) is 15.7. The number of halogens is 1. The highest BCUT2D eigenvalue weighted by Crippen LogP contribution is 2.43. The fourth-order valence-electron chi connectivity index (χ4n) is 4.75. The molecule has 2 aliphatic rings. The molecule has 184 valence electrons. The van der Waals surface area contributed by atoms with Crippen molar-refractivity contribution in [3.63, 3.8) is 0 Å². The molecule has 10 heteroatoms. The molecule has 34 heavy (non-hydrogen) atoms. The summed E-state index contributed by atoms with van der Waals surface area (Å²) in [6.45, 7) is 9.69. The smallest absolute Gasteiger partial charge is 0.408 e. The number of aryl methyl sites for hydroxylation is 1. The molecule has 4 rings (SSSR count). The number of aromatic nitrogens is 1. The lowest BCUT2D eigenvalue weighted by molar-refractivity contribution is 0.0473. The Bertz CT molecular complexity index is 1260. The number of nitrogens with two attached hydrogens (primary N) is 1. The molecule has 1 aromatic carbocycles. The average Bonchev–Trinajstić information content (AvgIpc) is 3.47. The first-order valence-electron chi connectivity index (χ1n) is 11.4. The summed E-state index contributed by atoms with van der Waals surface area (Å²) >= 11 is 0. The molecule has 4 N–H and O–H groups in total. The second-order valence-electron chi connectivity index (χ2n) is 10.6. The number of amides is 1. The van der Waals surface area contributed by atoms with E-state index < -0.39 is 40.0 Å². The quantitative estimate of drug-likeness (QED) is 0.578. The van der Waals surface area contributed by atoms with E-state index >= 15 is 4.39 Å². The Labute approximate surface area is 196 Å². The van der Waals surface area contributed by atoms with Crippen molar-refractivity contribution >= 4 is 34.3 Å². The van der Waals surface area contributed by atoms with Crippen molar-refractivity contribution in [2.75, 3.05) is 23.7 Å². The highest BCUT2D eigenvalue weighted by atomic mass is 19.1. The van der Waals surface area contributed by atoms with Crippen molar-refractivity contribution in [1.29, 1.82) is 0 Å². The largest absolute Gasteiger partial charge is 0.477 e. The van der Waals surface area contributed by atoms with E-state index in [1.54, 1.807) is 32.3 Å². The van der Waals surface area contributed by atoms with E-state index in [4.69, 9.17) is 10.5 Å². The lowest BCUT2D eigenvalue weighted by Gasteiger charge is -2.30. The minimum absolute atomic E-state index is 0.0373. The average molecular weight is 475 g/mol. The Kier molecular flexibility index (Phi) is 5.53. The van der Waals surface area contributed by atoms with Crippen LogP contribution >= 0.6 is 0 Å². The maximum Gasteiger partial charge on any atom is 0.408 e. The number of rotatable bonds is 4. The second kappa shape index (κ2) is 7.89. The third-order valence-corrected chi connectivity index (χ3v) is 6.42. The van der Waals surface area contributed by atoms with E-state index in [9.17, 15) is 19.5 Å². The van der Waals surface area contributed by atoms with Gasteiger partial charge in [0.1, 0.15) is 11.2 Å². The molecule has 1 aliphatic carbocycles. The number of nitrogens with zero attached hydrogens (tertiary/aromatic N) is 2. The number of carboxylic acids is 1. The van der Waals surface area contributed by atoms with Crippen LogP contribution in [0.15, 0.2) is 11.0 Å². The molecular formula is C24H31FN4O5. The zero-order valence-corrected chi connectivity index (χ0v) is 20.1. The van der Waals surface area contributed by atoms with Gasteiger partial charge in [0.2, 0.25) is 5.43 Å². The number of nitrogen functional groups attached to an aromatic ring is 1. The molecule has 0 spiro atoms. The molecule has 1 unspecified atom stereocenters. The van der Waals surface area contributed by atoms with Crippen LogP contribution in [0.4, 0.5) is 20.6 Å². The van der Waals surface area contributed by atoms with E-state index in [0.717, 1.165) is 12.8 Å². The number of carboxylic acid groups (broad SMARTS) is 1. The number of anilines is 2. The van der Waals surface area contributed by atoms with Crippen molar-refractivity contribution in [3.8, 4) is 0 Å². The SMILES string of the molecule is Cc1c(N2CCC(C)(NC(=O)OC(C)(C)C)C2)c(F)c(N)c2c(=O)c(C(=O)O)cn(C3CC3)c12. The van der Waals surface area contributed by atoms with Gasteiger partial charge >= 0.3 is 12.1 Å². The second-order valence-corrected chi connectivity index (χ2v) is 10.6. The number of hydrogen-bond donors (Lipinski definition) is 3. The number of alkyl carbamates (subject to hydrolysis) is 1. The lowest BCUT2D eigenvalue weighted by Crippen LogP contribution is -2.49. The van der Waals surface area contributed by atoms with Gasteiger partial charge in [-0.15, -0.1) is 0 Å². The number of carbonyl (C=O) groups is 2. The summed E-state index contributed by atoms with van der Waals surface area (Å²) in [5, 5.41) is 12.3.